The van der Waals surface area contributed by atoms with Gasteiger partial charge in [-0.15, -0.1) is 0 Å². The van der Waals surface area contributed by atoms with Gasteiger partial charge in [0.2, 0.25) is 0 Å². The van der Waals surface area contributed by atoms with Crippen LogP contribution in [0.4, 0.5) is 0 Å². The summed E-state index contributed by atoms with van der Waals surface area (Å²) in [5.74, 6) is 0.0833. The number of ether oxygens (including phenoxy) is 1. The topological polar surface area (TPSA) is 85.3 Å². The van der Waals surface area contributed by atoms with Crippen LogP contribution in [0.3, 0.4) is 0 Å². The van der Waals surface area contributed by atoms with Crippen LogP contribution in [-0.4, -0.2) is 95.7 Å². The van der Waals surface area contributed by atoms with Crippen molar-refractivity contribution in [3.63, 3.8) is 0 Å². The van der Waals surface area contributed by atoms with Crippen molar-refractivity contribution in [3.8, 4) is 5.75 Å². The Morgan fingerprint density at radius 3 is 2.38 bits per heavy atom. The van der Waals surface area contributed by atoms with Gasteiger partial charge in [0.15, 0.2) is 0 Å². The third-order valence-corrected chi connectivity index (χ3v) is 7.94. The lowest BCUT2D eigenvalue weighted by Gasteiger charge is -2.43. The van der Waals surface area contributed by atoms with Crippen LogP contribution in [0.5, 0.6) is 5.75 Å². The van der Waals surface area contributed by atoms with Crippen molar-refractivity contribution in [2.75, 3.05) is 45.9 Å². The number of benzene rings is 2. The molecule has 2 aromatic carbocycles. The van der Waals surface area contributed by atoms with Gasteiger partial charge in [-0.25, -0.2) is 0 Å². The molecule has 0 aromatic heterocycles. The molecule has 0 spiro atoms. The Kier molecular flexibility index (Phi) is 9.99. The third kappa shape index (κ3) is 6.99. The van der Waals surface area contributed by atoms with Crippen LogP contribution < -0.4 is 5.32 Å². The smallest absolute Gasteiger partial charge is 0.323 e. The normalized spacial score (nSPS) is 22.3. The van der Waals surface area contributed by atoms with Gasteiger partial charge in [-0.3, -0.25) is 19.4 Å². The molecule has 0 radical (unpaired) electrons. The molecule has 2 N–H and O–H groups in total. The van der Waals surface area contributed by atoms with E-state index in [2.05, 4.69) is 42.0 Å². The molecule has 2 aromatic rings. The van der Waals surface area contributed by atoms with E-state index in [0.29, 0.717) is 44.4 Å². The monoisotopic (exact) mass is 536 g/mol. The van der Waals surface area contributed by atoms with Crippen molar-refractivity contribution in [2.24, 2.45) is 0 Å². The van der Waals surface area contributed by atoms with Crippen molar-refractivity contribution >= 4 is 11.9 Å². The Morgan fingerprint density at radius 2 is 1.72 bits per heavy atom. The Labute approximate surface area is 232 Å². The largest absolute Gasteiger partial charge is 0.508 e. The lowest BCUT2D eigenvalue weighted by molar-refractivity contribution is -0.150. The summed E-state index contributed by atoms with van der Waals surface area (Å²) in [6.07, 6.45) is 1.66. The highest BCUT2D eigenvalue weighted by Crippen LogP contribution is 2.34. The molecule has 8 heteroatoms. The molecule has 0 bridgehead atoms. The fourth-order valence-corrected chi connectivity index (χ4v) is 5.90. The summed E-state index contributed by atoms with van der Waals surface area (Å²) in [4.78, 5) is 32.7. The molecule has 2 fully saturated rings. The average Bonchev–Trinajstić information content (AvgIpc) is 2.94. The molecule has 212 valence electrons. The summed E-state index contributed by atoms with van der Waals surface area (Å²) < 4.78 is 5.31. The number of amides is 1. The SMILES string of the molecule is CCCC(C(=O)OCC)N1CCN(C(=O)c2cccc([C@H](c3cccc(O)c3)N3C[C@@H](C)NC[C@@H]3C)c2)CC1. The first-order chi connectivity index (χ1) is 18.8. The predicted molar refractivity (Wildman–Crippen MR) is 153 cm³/mol. The maximum Gasteiger partial charge on any atom is 0.323 e. The highest BCUT2D eigenvalue weighted by atomic mass is 16.5. The fourth-order valence-electron chi connectivity index (χ4n) is 5.90. The summed E-state index contributed by atoms with van der Waals surface area (Å²) >= 11 is 0. The van der Waals surface area contributed by atoms with E-state index in [0.717, 1.165) is 37.1 Å². The zero-order chi connectivity index (χ0) is 27.9. The maximum absolute atomic E-state index is 13.6. The first kappa shape index (κ1) is 29.1. The number of carbonyl (C=O) groups excluding carboxylic acids is 2. The van der Waals surface area contributed by atoms with Gasteiger partial charge >= 0.3 is 5.97 Å². The summed E-state index contributed by atoms with van der Waals surface area (Å²) in [5, 5.41) is 13.8. The number of carbonyl (C=O) groups is 2. The minimum Gasteiger partial charge on any atom is -0.508 e. The number of nitrogens with one attached hydrogen (secondary N) is 1. The van der Waals surface area contributed by atoms with E-state index in [-0.39, 0.29) is 35.8 Å². The molecular formula is C31H44N4O4. The van der Waals surface area contributed by atoms with E-state index in [9.17, 15) is 14.7 Å². The molecule has 0 saturated carbocycles. The quantitative estimate of drug-likeness (QED) is 0.473. The molecule has 4 atom stereocenters. The van der Waals surface area contributed by atoms with Crippen molar-refractivity contribution in [1.29, 1.82) is 0 Å². The third-order valence-electron chi connectivity index (χ3n) is 7.94. The molecular weight excluding hydrogens is 492 g/mol. The molecule has 39 heavy (non-hydrogen) atoms. The number of hydrogen-bond donors (Lipinski definition) is 2. The van der Waals surface area contributed by atoms with Gasteiger partial charge in [-0.1, -0.05) is 37.6 Å². The number of phenols is 1. The number of aromatic hydroxyl groups is 1. The summed E-state index contributed by atoms with van der Waals surface area (Å²) in [6, 6.07) is 15.7. The second-order valence-electron chi connectivity index (χ2n) is 10.9. The highest BCUT2D eigenvalue weighted by Gasteiger charge is 2.33. The van der Waals surface area contributed by atoms with Crippen LogP contribution in [0.25, 0.3) is 0 Å². The average molecular weight is 537 g/mol. The van der Waals surface area contributed by atoms with Gasteiger partial charge in [0.1, 0.15) is 11.8 Å². The van der Waals surface area contributed by atoms with Crippen LogP contribution in [0.15, 0.2) is 48.5 Å². The Balaban J connectivity index is 1.54. The van der Waals surface area contributed by atoms with E-state index >= 15 is 0 Å². The molecule has 2 aliphatic heterocycles. The van der Waals surface area contributed by atoms with Crippen molar-refractivity contribution in [2.45, 2.75) is 64.7 Å². The minimum atomic E-state index is -0.248. The van der Waals surface area contributed by atoms with Crippen LogP contribution in [0.2, 0.25) is 0 Å². The molecule has 2 saturated heterocycles. The zero-order valence-electron chi connectivity index (χ0n) is 23.8. The Morgan fingerprint density at radius 1 is 1.03 bits per heavy atom. The molecule has 2 heterocycles. The zero-order valence-corrected chi connectivity index (χ0v) is 23.8. The molecule has 8 nitrogen and oxygen atoms in total. The maximum atomic E-state index is 13.6. The highest BCUT2D eigenvalue weighted by molar-refractivity contribution is 5.94. The van der Waals surface area contributed by atoms with Gasteiger partial charge in [0.05, 0.1) is 12.6 Å². The predicted octanol–water partition coefficient (Wildman–Crippen LogP) is 3.65. The lowest BCUT2D eigenvalue weighted by atomic mass is 9.92. The van der Waals surface area contributed by atoms with Crippen LogP contribution in [-0.2, 0) is 9.53 Å². The Bertz CT molecular complexity index is 1120. The van der Waals surface area contributed by atoms with Gasteiger partial charge in [-0.05, 0) is 62.6 Å². The van der Waals surface area contributed by atoms with Gasteiger partial charge in [-0.2, -0.15) is 0 Å². The number of rotatable bonds is 9. The standard InChI is InChI=1S/C31H44N4O4/c1-5-9-28(31(38)39-6-2)33-14-16-34(17-15-33)30(37)26-12-7-10-24(18-26)29(25-11-8-13-27(36)19-25)35-21-22(3)32-20-23(35)4/h7-8,10-13,18-19,22-23,28-29,32,36H,5-6,9,14-17,20-21H2,1-4H3/t22-,23+,28?,29-/m1/s1. The van der Waals surface area contributed by atoms with E-state index in [1.165, 1.54) is 0 Å². The van der Waals surface area contributed by atoms with E-state index in [4.69, 9.17) is 4.74 Å². The summed E-state index contributed by atoms with van der Waals surface area (Å²) in [7, 11) is 0. The Hall–Kier alpha value is -2.94. The van der Waals surface area contributed by atoms with E-state index in [1.54, 1.807) is 6.07 Å². The number of phenolic OH excluding ortho intramolecular Hbond substituents is 1. The fraction of sp³-hybridized carbons (Fsp3) is 0.548. The number of nitrogens with zero attached hydrogens (tertiary/aromatic N) is 3. The van der Waals surface area contributed by atoms with Gasteiger partial charge in [0, 0.05) is 56.9 Å². The summed E-state index contributed by atoms with van der Waals surface area (Å²) in [6.45, 7) is 12.9. The van der Waals surface area contributed by atoms with Crippen molar-refractivity contribution < 1.29 is 19.4 Å². The second kappa shape index (κ2) is 13.4. The number of esters is 1. The molecule has 4 rings (SSSR count). The summed E-state index contributed by atoms with van der Waals surface area (Å²) in [5.41, 5.74) is 2.71. The van der Waals surface area contributed by atoms with Crippen LogP contribution >= 0.6 is 0 Å². The van der Waals surface area contributed by atoms with Gasteiger partial charge in [0.25, 0.3) is 5.91 Å². The molecule has 0 aliphatic carbocycles. The first-order valence-electron chi connectivity index (χ1n) is 14.4. The van der Waals surface area contributed by atoms with Crippen molar-refractivity contribution in [3.05, 3.63) is 65.2 Å². The first-order valence-corrected chi connectivity index (χ1v) is 14.4. The molecule has 1 unspecified atom stereocenters. The minimum absolute atomic E-state index is 0.0102. The molecule has 1 amide bonds. The van der Waals surface area contributed by atoms with Crippen LogP contribution in [0, 0.1) is 0 Å². The van der Waals surface area contributed by atoms with E-state index < -0.39 is 0 Å². The second-order valence-corrected chi connectivity index (χ2v) is 10.9. The lowest BCUT2D eigenvalue weighted by Crippen LogP contribution is -2.55. The van der Waals surface area contributed by atoms with Gasteiger partial charge < -0.3 is 20.1 Å². The van der Waals surface area contributed by atoms with E-state index in [1.807, 2.05) is 48.2 Å². The van der Waals surface area contributed by atoms with Crippen LogP contribution in [0.1, 0.15) is 68.1 Å². The number of piperazine rings is 2. The van der Waals surface area contributed by atoms with Crippen molar-refractivity contribution in [1.82, 2.24) is 20.0 Å². The number of hydrogen-bond acceptors (Lipinski definition) is 7. The molecule has 2 aliphatic rings.